The van der Waals surface area contributed by atoms with E-state index in [1.807, 2.05) is 43.3 Å². The van der Waals surface area contributed by atoms with Crippen molar-refractivity contribution >= 4 is 27.8 Å². The number of amides is 1. The zero-order valence-electron chi connectivity index (χ0n) is 17.3. The lowest BCUT2D eigenvalue weighted by atomic mass is 10.1. The largest absolute Gasteiger partial charge is 0.349 e. The van der Waals surface area contributed by atoms with Gasteiger partial charge in [0.1, 0.15) is 5.82 Å². The number of aryl methyl sites for hydroxylation is 3. The third-order valence-electron chi connectivity index (χ3n) is 5.35. The Morgan fingerprint density at radius 2 is 1.97 bits per heavy atom. The molecule has 4 rings (SSSR count). The first-order valence-electron chi connectivity index (χ1n) is 10.2. The summed E-state index contributed by atoms with van der Waals surface area (Å²) in [4.78, 5) is 34.0. The van der Waals surface area contributed by atoms with Gasteiger partial charge in [0.15, 0.2) is 0 Å². The Labute approximate surface area is 174 Å². The van der Waals surface area contributed by atoms with Crippen LogP contribution in [-0.2, 0) is 24.4 Å². The van der Waals surface area contributed by atoms with Gasteiger partial charge in [-0.2, -0.15) is 0 Å². The van der Waals surface area contributed by atoms with Gasteiger partial charge in [-0.05, 0) is 44.0 Å². The molecule has 7 heteroatoms. The van der Waals surface area contributed by atoms with Crippen LogP contribution in [0, 0.1) is 6.92 Å². The molecule has 2 aromatic carbocycles. The van der Waals surface area contributed by atoms with Crippen LogP contribution in [0.2, 0.25) is 0 Å². The molecule has 0 aliphatic rings. The maximum absolute atomic E-state index is 12.6. The van der Waals surface area contributed by atoms with Gasteiger partial charge >= 0.3 is 0 Å². The van der Waals surface area contributed by atoms with Crippen molar-refractivity contribution in [1.82, 2.24) is 24.4 Å². The average molecular weight is 403 g/mol. The first kappa shape index (κ1) is 19.8. The van der Waals surface area contributed by atoms with Gasteiger partial charge in [0.25, 0.3) is 5.56 Å². The highest BCUT2D eigenvalue weighted by Gasteiger charge is 2.11. The minimum Gasteiger partial charge on any atom is -0.349 e. The quantitative estimate of drug-likeness (QED) is 0.514. The molecular weight excluding hydrogens is 378 g/mol. The second-order valence-electron chi connectivity index (χ2n) is 7.36. The van der Waals surface area contributed by atoms with Gasteiger partial charge in [-0.3, -0.25) is 14.2 Å². The highest BCUT2D eigenvalue weighted by Crippen LogP contribution is 2.16. The zero-order valence-corrected chi connectivity index (χ0v) is 17.3. The Hall–Kier alpha value is -3.48. The molecule has 2 aromatic heterocycles. The van der Waals surface area contributed by atoms with Crippen molar-refractivity contribution < 1.29 is 4.79 Å². The summed E-state index contributed by atoms with van der Waals surface area (Å²) in [5.74, 6) is 0.791. The molecule has 0 bridgehead atoms. The van der Waals surface area contributed by atoms with Crippen LogP contribution in [-0.4, -0.2) is 25.0 Å². The number of aromatic nitrogens is 4. The zero-order chi connectivity index (χ0) is 21.1. The van der Waals surface area contributed by atoms with Crippen LogP contribution in [0.25, 0.3) is 21.9 Å². The van der Waals surface area contributed by atoms with Crippen molar-refractivity contribution in [3.8, 4) is 0 Å². The molecule has 1 N–H and O–H groups in total. The molecule has 0 aliphatic heterocycles. The van der Waals surface area contributed by atoms with Crippen molar-refractivity contribution in [3.63, 3.8) is 0 Å². The number of nitrogens with zero attached hydrogens (tertiary/aromatic N) is 4. The van der Waals surface area contributed by atoms with Gasteiger partial charge in [-0.15, -0.1) is 0 Å². The number of fused-ring (bicyclic) bond motifs is 2. The molecule has 0 saturated heterocycles. The second-order valence-corrected chi connectivity index (χ2v) is 7.36. The maximum atomic E-state index is 12.6. The van der Waals surface area contributed by atoms with Crippen LogP contribution in [0.1, 0.15) is 31.2 Å². The normalized spacial score (nSPS) is 11.3. The van der Waals surface area contributed by atoms with Crippen LogP contribution in [0.3, 0.4) is 0 Å². The molecule has 154 valence electrons. The number of hydrogen-bond acceptors (Lipinski definition) is 4. The summed E-state index contributed by atoms with van der Waals surface area (Å²) in [7, 11) is 0. The lowest BCUT2D eigenvalue weighted by molar-refractivity contribution is -0.121. The lowest BCUT2D eigenvalue weighted by Crippen LogP contribution is -2.26. The fourth-order valence-corrected chi connectivity index (χ4v) is 3.79. The fourth-order valence-electron chi connectivity index (χ4n) is 3.79. The first-order chi connectivity index (χ1) is 14.6. The van der Waals surface area contributed by atoms with Gasteiger partial charge < -0.3 is 9.88 Å². The third-order valence-corrected chi connectivity index (χ3v) is 5.35. The molecule has 0 spiro atoms. The number of hydrogen-bond donors (Lipinski definition) is 1. The summed E-state index contributed by atoms with van der Waals surface area (Å²) in [5, 5.41) is 3.56. The van der Waals surface area contributed by atoms with Gasteiger partial charge in [0, 0.05) is 19.5 Å². The topological polar surface area (TPSA) is 81.8 Å². The summed E-state index contributed by atoms with van der Waals surface area (Å²) < 4.78 is 3.68. The molecule has 0 radical (unpaired) electrons. The molecule has 0 unspecified atom stereocenters. The van der Waals surface area contributed by atoms with E-state index in [1.165, 1.54) is 0 Å². The van der Waals surface area contributed by atoms with E-state index in [0.29, 0.717) is 31.3 Å². The lowest BCUT2D eigenvalue weighted by Gasteiger charge is -2.09. The van der Waals surface area contributed by atoms with Crippen molar-refractivity contribution in [1.29, 1.82) is 0 Å². The van der Waals surface area contributed by atoms with E-state index in [0.717, 1.165) is 34.5 Å². The maximum Gasteiger partial charge on any atom is 0.261 e. The van der Waals surface area contributed by atoms with E-state index in [-0.39, 0.29) is 11.5 Å². The number of para-hydroxylation sites is 3. The highest BCUT2D eigenvalue weighted by molar-refractivity contribution is 5.80. The van der Waals surface area contributed by atoms with Gasteiger partial charge in [0.05, 0.1) is 34.8 Å². The van der Waals surface area contributed by atoms with E-state index in [2.05, 4.69) is 26.8 Å². The Balaban J connectivity index is 1.35. The Bertz CT molecular complexity index is 1270. The molecule has 7 nitrogen and oxygen atoms in total. The van der Waals surface area contributed by atoms with Gasteiger partial charge in [0.2, 0.25) is 5.91 Å². The fraction of sp³-hybridized carbons (Fsp3) is 0.304. The number of imidazole rings is 1. The molecule has 0 fully saturated rings. The van der Waals surface area contributed by atoms with Crippen LogP contribution < -0.4 is 10.9 Å². The Morgan fingerprint density at radius 3 is 2.80 bits per heavy atom. The molecule has 2 heterocycles. The van der Waals surface area contributed by atoms with Gasteiger partial charge in [-0.1, -0.05) is 24.3 Å². The monoisotopic (exact) mass is 403 g/mol. The van der Waals surface area contributed by atoms with Crippen molar-refractivity contribution in [2.45, 2.75) is 46.3 Å². The number of carbonyl (C=O) groups is 1. The van der Waals surface area contributed by atoms with E-state index >= 15 is 0 Å². The highest BCUT2D eigenvalue weighted by atomic mass is 16.1. The molecule has 1 amide bonds. The van der Waals surface area contributed by atoms with E-state index in [9.17, 15) is 9.59 Å². The summed E-state index contributed by atoms with van der Waals surface area (Å²) in [5.41, 5.74) is 3.65. The van der Waals surface area contributed by atoms with Crippen molar-refractivity contribution in [2.24, 2.45) is 0 Å². The third kappa shape index (κ3) is 3.83. The van der Waals surface area contributed by atoms with Crippen LogP contribution in [0.5, 0.6) is 0 Å². The molecule has 0 atom stereocenters. The summed E-state index contributed by atoms with van der Waals surface area (Å²) >= 11 is 0. The van der Waals surface area contributed by atoms with E-state index in [1.54, 1.807) is 17.0 Å². The second kappa shape index (κ2) is 8.49. The summed E-state index contributed by atoms with van der Waals surface area (Å²) in [6.45, 7) is 5.64. The predicted molar refractivity (Wildman–Crippen MR) is 117 cm³/mol. The first-order valence-corrected chi connectivity index (χ1v) is 10.2. The minimum atomic E-state index is -0.0687. The smallest absolute Gasteiger partial charge is 0.261 e. The van der Waals surface area contributed by atoms with Crippen LogP contribution in [0.4, 0.5) is 0 Å². The van der Waals surface area contributed by atoms with Crippen molar-refractivity contribution in [3.05, 3.63) is 70.5 Å². The standard InChI is InChI=1S/C23H25N5O2/c1-3-28-19-11-5-4-10-18(19)26-20(28)14-24-21(29)12-7-13-27-15-25-22-16(2)8-6-9-17(22)23(27)30/h4-6,8-11,15H,3,7,12-14H2,1-2H3,(H,24,29). The molecule has 0 aliphatic carbocycles. The SMILES string of the molecule is CCn1c(CNC(=O)CCCn2cnc3c(C)cccc3c2=O)nc2ccccc21. The number of nitrogens with one attached hydrogen (secondary N) is 1. The summed E-state index contributed by atoms with van der Waals surface area (Å²) in [6, 6.07) is 13.6. The predicted octanol–water partition coefficient (Wildman–Crippen LogP) is 3.17. The van der Waals surface area contributed by atoms with Crippen LogP contribution in [0.15, 0.2) is 53.6 Å². The van der Waals surface area contributed by atoms with Crippen molar-refractivity contribution in [2.75, 3.05) is 0 Å². The number of benzene rings is 2. The van der Waals surface area contributed by atoms with Crippen LogP contribution >= 0.6 is 0 Å². The number of rotatable bonds is 7. The van der Waals surface area contributed by atoms with E-state index < -0.39 is 0 Å². The Morgan fingerprint density at radius 1 is 1.13 bits per heavy atom. The van der Waals surface area contributed by atoms with Gasteiger partial charge in [-0.25, -0.2) is 9.97 Å². The molecular formula is C23H25N5O2. The Kier molecular flexibility index (Phi) is 5.61. The minimum absolute atomic E-state index is 0.0534. The van der Waals surface area contributed by atoms with E-state index in [4.69, 9.17) is 0 Å². The summed E-state index contributed by atoms with van der Waals surface area (Å²) in [6.07, 6.45) is 2.47. The molecule has 4 aromatic rings. The molecule has 0 saturated carbocycles. The molecule has 30 heavy (non-hydrogen) atoms. The number of carbonyl (C=O) groups excluding carboxylic acids is 1. The average Bonchev–Trinajstić information content (AvgIpc) is 3.12.